The van der Waals surface area contributed by atoms with Crippen molar-refractivity contribution in [3.8, 4) is 0 Å². The van der Waals surface area contributed by atoms with Crippen LogP contribution < -0.4 is 0 Å². The Labute approximate surface area is 96.7 Å². The summed E-state index contributed by atoms with van der Waals surface area (Å²) >= 11 is 0. The SMILES string of the molecule is CC(C)OC(=O)C=CC(=O)O.CCN(C)C. The largest absolute Gasteiger partial charge is 0.478 e. The van der Waals surface area contributed by atoms with Crippen molar-refractivity contribution >= 4 is 11.9 Å². The summed E-state index contributed by atoms with van der Waals surface area (Å²) < 4.78 is 4.61. The maximum absolute atomic E-state index is 10.6. The second kappa shape index (κ2) is 10.2. The van der Waals surface area contributed by atoms with E-state index in [0.29, 0.717) is 0 Å². The van der Waals surface area contributed by atoms with Gasteiger partial charge in [-0.15, -0.1) is 0 Å². The van der Waals surface area contributed by atoms with Crippen molar-refractivity contribution in [2.24, 2.45) is 0 Å². The van der Waals surface area contributed by atoms with E-state index in [9.17, 15) is 9.59 Å². The highest BCUT2D eigenvalue weighted by molar-refractivity contribution is 5.90. The number of ether oxygens (including phenoxy) is 1. The van der Waals surface area contributed by atoms with E-state index in [1.807, 2.05) is 0 Å². The third kappa shape index (κ3) is 18.4. The van der Waals surface area contributed by atoms with E-state index in [1.165, 1.54) is 0 Å². The van der Waals surface area contributed by atoms with Gasteiger partial charge in [0.1, 0.15) is 0 Å². The molecule has 0 aliphatic rings. The molecule has 0 aliphatic carbocycles. The molecule has 0 rings (SSSR count). The Morgan fingerprint density at radius 3 is 2.00 bits per heavy atom. The van der Waals surface area contributed by atoms with E-state index >= 15 is 0 Å². The van der Waals surface area contributed by atoms with Crippen LogP contribution in [0, 0.1) is 0 Å². The second-order valence-electron chi connectivity index (χ2n) is 3.55. The van der Waals surface area contributed by atoms with E-state index in [-0.39, 0.29) is 6.10 Å². The van der Waals surface area contributed by atoms with Crippen molar-refractivity contribution < 1.29 is 19.4 Å². The predicted molar refractivity (Wildman–Crippen MR) is 62.2 cm³/mol. The Morgan fingerprint density at radius 1 is 1.31 bits per heavy atom. The lowest BCUT2D eigenvalue weighted by Gasteiger charge is -2.02. The maximum atomic E-state index is 10.6. The van der Waals surface area contributed by atoms with Crippen molar-refractivity contribution in [2.45, 2.75) is 26.9 Å². The fraction of sp³-hybridized carbons (Fsp3) is 0.636. The monoisotopic (exact) mass is 231 g/mol. The highest BCUT2D eigenvalue weighted by Crippen LogP contribution is 1.89. The number of nitrogens with zero attached hydrogens (tertiary/aromatic N) is 1. The van der Waals surface area contributed by atoms with Gasteiger partial charge in [0.15, 0.2) is 0 Å². The first kappa shape index (κ1) is 17.0. The number of carbonyl (C=O) groups excluding carboxylic acids is 1. The zero-order chi connectivity index (χ0) is 13.1. The zero-order valence-corrected chi connectivity index (χ0v) is 10.6. The van der Waals surface area contributed by atoms with Crippen LogP contribution in [0.3, 0.4) is 0 Å². The molecule has 0 amide bonds. The Balaban J connectivity index is 0. The molecule has 0 aromatic carbocycles. The molecular weight excluding hydrogens is 210 g/mol. The molecule has 0 unspecified atom stereocenters. The fourth-order valence-corrected chi connectivity index (χ4v) is 0.411. The van der Waals surface area contributed by atoms with Crippen LogP contribution in [0.1, 0.15) is 20.8 Å². The minimum atomic E-state index is -1.16. The summed E-state index contributed by atoms with van der Waals surface area (Å²) in [6, 6.07) is 0. The maximum Gasteiger partial charge on any atom is 0.331 e. The van der Waals surface area contributed by atoms with Crippen LogP contribution in [0.15, 0.2) is 12.2 Å². The van der Waals surface area contributed by atoms with E-state index in [2.05, 4.69) is 30.7 Å². The first-order valence-electron chi connectivity index (χ1n) is 5.05. The second-order valence-corrected chi connectivity index (χ2v) is 3.55. The summed E-state index contributed by atoms with van der Waals surface area (Å²) in [6.07, 6.45) is 1.40. The number of esters is 1. The van der Waals surface area contributed by atoms with Crippen LogP contribution in [0.5, 0.6) is 0 Å². The van der Waals surface area contributed by atoms with Crippen LogP contribution in [0.25, 0.3) is 0 Å². The third-order valence-electron chi connectivity index (χ3n) is 1.35. The molecule has 0 aliphatic heterocycles. The molecule has 0 aromatic heterocycles. The van der Waals surface area contributed by atoms with Crippen LogP contribution in [-0.4, -0.2) is 48.7 Å². The van der Waals surface area contributed by atoms with Crippen molar-refractivity contribution in [1.29, 1.82) is 0 Å². The number of hydrogen-bond donors (Lipinski definition) is 1. The van der Waals surface area contributed by atoms with Crippen molar-refractivity contribution in [3.05, 3.63) is 12.2 Å². The average molecular weight is 231 g/mol. The van der Waals surface area contributed by atoms with Gasteiger partial charge in [-0.3, -0.25) is 0 Å². The van der Waals surface area contributed by atoms with Crippen LogP contribution in [0.4, 0.5) is 0 Å². The lowest BCUT2D eigenvalue weighted by molar-refractivity contribution is -0.142. The summed E-state index contributed by atoms with van der Waals surface area (Å²) in [7, 11) is 4.11. The molecule has 0 heterocycles. The lowest BCUT2D eigenvalue weighted by atomic mass is 10.4. The molecule has 0 saturated carbocycles. The van der Waals surface area contributed by atoms with Gasteiger partial charge in [-0.1, -0.05) is 6.92 Å². The normalized spacial score (nSPS) is 10.2. The fourth-order valence-electron chi connectivity index (χ4n) is 0.411. The van der Waals surface area contributed by atoms with Gasteiger partial charge in [0.05, 0.1) is 6.10 Å². The third-order valence-corrected chi connectivity index (χ3v) is 1.35. The summed E-state index contributed by atoms with van der Waals surface area (Å²) in [5, 5.41) is 8.10. The molecule has 0 radical (unpaired) electrons. The molecule has 0 bridgehead atoms. The van der Waals surface area contributed by atoms with E-state index < -0.39 is 11.9 Å². The topological polar surface area (TPSA) is 66.8 Å². The Kier molecular flexibility index (Phi) is 10.8. The van der Waals surface area contributed by atoms with Crippen molar-refractivity contribution in [1.82, 2.24) is 4.90 Å². The molecule has 5 nitrogen and oxygen atoms in total. The molecule has 0 spiro atoms. The summed E-state index contributed by atoms with van der Waals surface area (Å²) in [5.41, 5.74) is 0. The van der Waals surface area contributed by atoms with Crippen molar-refractivity contribution in [2.75, 3.05) is 20.6 Å². The predicted octanol–water partition coefficient (Wildman–Crippen LogP) is 1.15. The first-order valence-corrected chi connectivity index (χ1v) is 5.05. The number of carboxylic acid groups (broad SMARTS) is 1. The lowest BCUT2D eigenvalue weighted by Crippen LogP contribution is -2.08. The number of carbonyl (C=O) groups is 2. The van der Waals surface area contributed by atoms with Gasteiger partial charge in [0.2, 0.25) is 0 Å². The minimum absolute atomic E-state index is 0.221. The van der Waals surface area contributed by atoms with Crippen LogP contribution in [-0.2, 0) is 14.3 Å². The molecule has 1 N–H and O–H groups in total. The van der Waals surface area contributed by atoms with Gasteiger partial charge in [-0.05, 0) is 34.5 Å². The minimum Gasteiger partial charge on any atom is -0.478 e. The van der Waals surface area contributed by atoms with E-state index in [0.717, 1.165) is 18.7 Å². The van der Waals surface area contributed by atoms with Crippen LogP contribution in [0.2, 0.25) is 0 Å². The van der Waals surface area contributed by atoms with Gasteiger partial charge in [0, 0.05) is 12.2 Å². The average Bonchev–Trinajstić information content (AvgIpc) is 2.14. The standard InChI is InChI=1S/C7H10O4.C4H11N/c1-5(2)11-7(10)4-3-6(8)9;1-4-5(2)3/h3-5H,1-2H3,(H,8,9);4H2,1-3H3. The molecule has 0 aromatic rings. The molecule has 16 heavy (non-hydrogen) atoms. The first-order chi connectivity index (χ1) is 7.29. The Bertz CT molecular complexity index is 234. The molecule has 5 heteroatoms. The molecule has 0 saturated heterocycles. The number of carboxylic acids is 1. The molecule has 0 atom stereocenters. The summed E-state index contributed by atoms with van der Waals surface area (Å²) in [6.45, 7) is 6.64. The highest BCUT2D eigenvalue weighted by Gasteiger charge is 2.00. The smallest absolute Gasteiger partial charge is 0.331 e. The van der Waals surface area contributed by atoms with E-state index in [1.54, 1.807) is 13.8 Å². The van der Waals surface area contributed by atoms with Gasteiger partial charge in [-0.2, -0.15) is 0 Å². The number of rotatable bonds is 4. The molecule has 94 valence electrons. The summed E-state index contributed by atoms with van der Waals surface area (Å²) in [4.78, 5) is 22.6. The number of hydrogen-bond acceptors (Lipinski definition) is 4. The highest BCUT2D eigenvalue weighted by atomic mass is 16.5. The zero-order valence-electron chi connectivity index (χ0n) is 10.6. The van der Waals surface area contributed by atoms with Gasteiger partial charge in [0.25, 0.3) is 0 Å². The van der Waals surface area contributed by atoms with E-state index in [4.69, 9.17) is 5.11 Å². The molecule has 0 fully saturated rings. The number of aliphatic carboxylic acids is 1. The quantitative estimate of drug-likeness (QED) is 0.580. The summed E-state index contributed by atoms with van der Waals surface area (Å²) in [5.74, 6) is -1.80. The van der Waals surface area contributed by atoms with Gasteiger partial charge >= 0.3 is 11.9 Å². The van der Waals surface area contributed by atoms with Crippen LogP contribution >= 0.6 is 0 Å². The molecular formula is C11H21NO4. The van der Waals surface area contributed by atoms with Crippen molar-refractivity contribution in [3.63, 3.8) is 0 Å². The van der Waals surface area contributed by atoms with Gasteiger partial charge in [-0.25, -0.2) is 9.59 Å². The Morgan fingerprint density at radius 2 is 1.75 bits per heavy atom. The van der Waals surface area contributed by atoms with Gasteiger partial charge < -0.3 is 14.7 Å². The Hall–Kier alpha value is -1.36.